The van der Waals surface area contributed by atoms with Crippen molar-refractivity contribution in [1.82, 2.24) is 13.9 Å². The van der Waals surface area contributed by atoms with Crippen molar-refractivity contribution < 1.29 is 22.7 Å². The number of H-pyrrole nitrogens is 1. The summed E-state index contributed by atoms with van der Waals surface area (Å²) in [5, 5.41) is 0. The van der Waals surface area contributed by atoms with Gasteiger partial charge in [-0.05, 0) is 24.6 Å². The van der Waals surface area contributed by atoms with Crippen LogP contribution in [0.3, 0.4) is 0 Å². The van der Waals surface area contributed by atoms with Gasteiger partial charge in [-0.25, -0.2) is 13.2 Å². The van der Waals surface area contributed by atoms with Crippen molar-refractivity contribution >= 4 is 27.4 Å². The second-order valence-corrected chi connectivity index (χ2v) is 9.65. The molecule has 12 nitrogen and oxygen atoms in total. The predicted molar refractivity (Wildman–Crippen MR) is 126 cm³/mol. The first-order valence-electron chi connectivity index (χ1n) is 10.8. The van der Waals surface area contributed by atoms with Crippen LogP contribution < -0.4 is 26.6 Å². The molecule has 1 aliphatic heterocycles. The van der Waals surface area contributed by atoms with Gasteiger partial charge in [0.15, 0.2) is 5.69 Å². The quantitative estimate of drug-likeness (QED) is 0.527. The highest BCUT2D eigenvalue weighted by atomic mass is 32.2. The molecular weight excluding hydrogens is 466 g/mol. The lowest BCUT2D eigenvalue weighted by atomic mass is 10.2. The molecule has 34 heavy (non-hydrogen) atoms. The van der Waals surface area contributed by atoms with E-state index in [-0.39, 0.29) is 60.6 Å². The van der Waals surface area contributed by atoms with Crippen molar-refractivity contribution in [3.05, 3.63) is 44.6 Å². The lowest BCUT2D eigenvalue weighted by Gasteiger charge is -2.27. The van der Waals surface area contributed by atoms with Gasteiger partial charge in [-0.2, -0.15) is 4.31 Å². The molecule has 0 atom stereocenters. The fraction of sp³-hybridized carbons (Fsp3) is 0.476. The fourth-order valence-corrected chi connectivity index (χ4v) is 5.26. The van der Waals surface area contributed by atoms with Crippen molar-refractivity contribution in [2.75, 3.05) is 51.1 Å². The average Bonchev–Trinajstić information content (AvgIpc) is 2.83. The van der Waals surface area contributed by atoms with Gasteiger partial charge in [0.25, 0.3) is 11.5 Å². The topological polar surface area (TPSA) is 157 Å². The Morgan fingerprint density at radius 1 is 1.26 bits per heavy atom. The summed E-state index contributed by atoms with van der Waals surface area (Å²) >= 11 is 0. The molecule has 3 rings (SSSR count). The Hall–Kier alpha value is -3.16. The van der Waals surface area contributed by atoms with E-state index < -0.39 is 27.2 Å². The zero-order chi connectivity index (χ0) is 25.0. The fourth-order valence-electron chi connectivity index (χ4n) is 3.67. The van der Waals surface area contributed by atoms with Crippen molar-refractivity contribution in [2.45, 2.75) is 31.2 Å². The van der Waals surface area contributed by atoms with E-state index in [4.69, 9.17) is 15.2 Å². The Labute approximate surface area is 196 Å². The molecular formula is C21H29N5O7S. The molecule has 1 amide bonds. The highest BCUT2D eigenvalue weighted by molar-refractivity contribution is 7.89. The number of ether oxygens (including phenoxy) is 2. The summed E-state index contributed by atoms with van der Waals surface area (Å²) in [7, 11) is -1.30. The molecule has 1 saturated heterocycles. The van der Waals surface area contributed by atoms with Gasteiger partial charge in [-0.1, -0.05) is 13.3 Å². The molecule has 0 saturated carbocycles. The van der Waals surface area contributed by atoms with Crippen molar-refractivity contribution in [1.29, 1.82) is 0 Å². The summed E-state index contributed by atoms with van der Waals surface area (Å²) in [5.74, 6) is -0.747. The Morgan fingerprint density at radius 3 is 2.56 bits per heavy atom. The third-order valence-electron chi connectivity index (χ3n) is 5.59. The minimum Gasteiger partial charge on any atom is -0.495 e. The maximum Gasteiger partial charge on any atom is 0.330 e. The number of nitrogens with two attached hydrogens (primary N) is 1. The van der Waals surface area contributed by atoms with E-state index in [2.05, 4.69) is 4.98 Å². The third-order valence-corrected chi connectivity index (χ3v) is 7.51. The number of rotatable bonds is 8. The van der Waals surface area contributed by atoms with Gasteiger partial charge < -0.3 is 20.1 Å². The van der Waals surface area contributed by atoms with Crippen LogP contribution in [0.15, 0.2) is 32.7 Å². The molecule has 1 aromatic heterocycles. The number of aromatic amines is 1. The van der Waals surface area contributed by atoms with E-state index in [1.807, 2.05) is 6.92 Å². The average molecular weight is 496 g/mol. The number of methoxy groups -OCH3 is 1. The number of carbonyl (C=O) groups is 1. The summed E-state index contributed by atoms with van der Waals surface area (Å²) in [5.41, 5.74) is 4.42. The Morgan fingerprint density at radius 2 is 1.94 bits per heavy atom. The molecule has 3 N–H and O–H groups in total. The summed E-state index contributed by atoms with van der Waals surface area (Å²) in [4.78, 5) is 41.0. The summed E-state index contributed by atoms with van der Waals surface area (Å²) in [6.07, 6.45) is 1.44. The number of hydrogen-bond acceptors (Lipinski definition) is 8. The maximum atomic E-state index is 13.3. The number of unbranched alkanes of at least 4 members (excludes halogenated alkanes) is 1. The van der Waals surface area contributed by atoms with Crippen LogP contribution in [-0.4, -0.2) is 68.6 Å². The van der Waals surface area contributed by atoms with Crippen LogP contribution in [0.2, 0.25) is 0 Å². The summed E-state index contributed by atoms with van der Waals surface area (Å²) < 4.78 is 39.4. The zero-order valence-corrected chi connectivity index (χ0v) is 20.2. The maximum absolute atomic E-state index is 13.3. The van der Waals surface area contributed by atoms with Gasteiger partial charge in [-0.3, -0.25) is 19.1 Å². The highest BCUT2D eigenvalue weighted by Crippen LogP contribution is 2.29. The first-order valence-corrected chi connectivity index (χ1v) is 12.2. The van der Waals surface area contributed by atoms with Gasteiger partial charge in [0, 0.05) is 32.2 Å². The van der Waals surface area contributed by atoms with Gasteiger partial charge in [0.2, 0.25) is 10.0 Å². The van der Waals surface area contributed by atoms with Crippen LogP contribution >= 0.6 is 0 Å². The summed E-state index contributed by atoms with van der Waals surface area (Å²) in [6, 6.07) is 3.98. The van der Waals surface area contributed by atoms with E-state index in [0.717, 1.165) is 11.3 Å². The molecule has 1 fully saturated rings. The first-order chi connectivity index (χ1) is 16.1. The number of benzene rings is 1. The van der Waals surface area contributed by atoms with Crippen LogP contribution in [0, 0.1) is 0 Å². The number of amides is 1. The third kappa shape index (κ3) is 4.86. The molecule has 0 aliphatic carbocycles. The lowest BCUT2D eigenvalue weighted by Crippen LogP contribution is -2.41. The number of nitrogens with one attached hydrogen (secondary N) is 1. The number of nitrogen functional groups attached to an aromatic ring is 1. The Kier molecular flexibility index (Phi) is 7.79. The smallest absolute Gasteiger partial charge is 0.330 e. The molecule has 0 spiro atoms. The van der Waals surface area contributed by atoms with Gasteiger partial charge in [0.1, 0.15) is 16.5 Å². The zero-order valence-electron chi connectivity index (χ0n) is 19.4. The predicted octanol–water partition coefficient (Wildman–Crippen LogP) is 0.225. The number of nitrogens with zero attached hydrogens (tertiary/aromatic N) is 3. The van der Waals surface area contributed by atoms with E-state index in [1.165, 1.54) is 41.2 Å². The van der Waals surface area contributed by atoms with Crippen LogP contribution in [0.4, 0.5) is 11.5 Å². The molecule has 0 radical (unpaired) electrons. The lowest BCUT2D eigenvalue weighted by molar-refractivity contribution is 0.0729. The minimum atomic E-state index is -3.97. The molecule has 186 valence electrons. The number of morpholine rings is 1. The number of carbonyl (C=O) groups excluding carboxylic acids is 1. The molecule has 0 bridgehead atoms. The van der Waals surface area contributed by atoms with Crippen molar-refractivity contribution in [3.63, 3.8) is 0 Å². The standard InChI is InChI=1S/C21H29N5O7S/c1-4-5-8-26-18(22)17(19(27)23-21(26)29)24(2)20(28)14-6-7-15(32-3)16(13-14)34(30,31)25-9-11-33-12-10-25/h6-7,13H,4-5,8-12,22H2,1-3H3,(H,23,27,29). The minimum absolute atomic E-state index is 0.000225. The number of sulfonamides is 1. The normalized spacial score (nSPS) is 14.7. The van der Waals surface area contributed by atoms with Crippen LogP contribution in [0.1, 0.15) is 30.1 Å². The van der Waals surface area contributed by atoms with Crippen LogP contribution in [0.5, 0.6) is 5.75 Å². The van der Waals surface area contributed by atoms with Gasteiger partial charge in [0.05, 0.1) is 20.3 Å². The van der Waals surface area contributed by atoms with Crippen molar-refractivity contribution in [2.24, 2.45) is 0 Å². The van der Waals surface area contributed by atoms with Crippen LogP contribution in [-0.2, 0) is 21.3 Å². The number of aromatic nitrogens is 2. The Bertz CT molecular complexity index is 1280. The molecule has 2 aromatic rings. The molecule has 2 heterocycles. The second-order valence-electron chi connectivity index (χ2n) is 7.74. The monoisotopic (exact) mass is 495 g/mol. The summed E-state index contributed by atoms with van der Waals surface area (Å²) in [6.45, 7) is 3.09. The van der Waals surface area contributed by atoms with Crippen molar-refractivity contribution in [3.8, 4) is 5.75 Å². The van der Waals surface area contributed by atoms with E-state index >= 15 is 0 Å². The highest BCUT2D eigenvalue weighted by Gasteiger charge is 2.31. The van der Waals surface area contributed by atoms with Crippen LogP contribution in [0.25, 0.3) is 0 Å². The molecule has 1 aliphatic rings. The second kappa shape index (κ2) is 10.4. The first kappa shape index (κ1) is 25.5. The Balaban J connectivity index is 2.03. The van der Waals surface area contributed by atoms with E-state index in [0.29, 0.717) is 6.42 Å². The molecule has 0 unspecified atom stereocenters. The van der Waals surface area contributed by atoms with E-state index in [1.54, 1.807) is 0 Å². The van der Waals surface area contributed by atoms with Gasteiger partial charge >= 0.3 is 5.69 Å². The largest absolute Gasteiger partial charge is 0.495 e. The molecule has 13 heteroatoms. The van der Waals surface area contributed by atoms with Gasteiger partial charge in [-0.15, -0.1) is 0 Å². The number of hydrogen-bond donors (Lipinski definition) is 2. The SMILES string of the molecule is CCCCn1c(N)c(N(C)C(=O)c2ccc(OC)c(S(=O)(=O)N3CCOCC3)c2)c(=O)[nH]c1=O. The molecule has 1 aromatic carbocycles. The van der Waals surface area contributed by atoms with E-state index in [9.17, 15) is 22.8 Å². The number of anilines is 2.